The van der Waals surface area contributed by atoms with Crippen molar-refractivity contribution in [2.45, 2.75) is 32.2 Å². The van der Waals surface area contributed by atoms with Crippen molar-refractivity contribution in [3.8, 4) is 11.5 Å². The summed E-state index contributed by atoms with van der Waals surface area (Å²) < 4.78 is 10.3. The Bertz CT molecular complexity index is 479. The van der Waals surface area contributed by atoms with Crippen molar-refractivity contribution in [1.29, 1.82) is 0 Å². The van der Waals surface area contributed by atoms with Gasteiger partial charge in [-0.05, 0) is 18.6 Å². The topological polar surface area (TPSA) is 84.9 Å². The van der Waals surface area contributed by atoms with Crippen molar-refractivity contribution in [2.24, 2.45) is 0 Å². The predicted octanol–water partition coefficient (Wildman–Crippen LogP) is 2.08. The third-order valence-electron chi connectivity index (χ3n) is 3.10. The fourth-order valence-corrected chi connectivity index (χ4v) is 1.97. The second-order valence-corrected chi connectivity index (χ2v) is 4.54. The maximum absolute atomic E-state index is 12.3. The summed E-state index contributed by atoms with van der Waals surface area (Å²) >= 11 is 0. The van der Waals surface area contributed by atoms with Gasteiger partial charge in [0.1, 0.15) is 23.1 Å². The largest absolute Gasteiger partial charge is 0.496 e. The molecule has 0 saturated carbocycles. The van der Waals surface area contributed by atoms with Crippen LogP contribution in [0, 0.1) is 0 Å². The maximum Gasteiger partial charge on any atom is 0.326 e. The molecule has 0 saturated heterocycles. The lowest BCUT2D eigenvalue weighted by Gasteiger charge is -2.17. The Morgan fingerprint density at radius 3 is 2.24 bits per heavy atom. The van der Waals surface area contributed by atoms with E-state index in [0.29, 0.717) is 17.9 Å². The minimum atomic E-state index is -1.05. The van der Waals surface area contributed by atoms with Gasteiger partial charge in [-0.3, -0.25) is 4.79 Å². The molecule has 1 unspecified atom stereocenters. The lowest BCUT2D eigenvalue weighted by Crippen LogP contribution is -2.41. The zero-order valence-corrected chi connectivity index (χ0v) is 12.5. The van der Waals surface area contributed by atoms with Crippen LogP contribution in [0.15, 0.2) is 18.2 Å². The Hall–Kier alpha value is -2.24. The number of benzene rings is 1. The molecule has 0 bridgehead atoms. The molecule has 0 aliphatic heterocycles. The first-order valence-corrected chi connectivity index (χ1v) is 6.79. The Balaban J connectivity index is 2.99. The molecule has 21 heavy (non-hydrogen) atoms. The number of nitrogens with one attached hydrogen (secondary N) is 1. The number of carbonyl (C=O) groups is 2. The first-order chi connectivity index (χ1) is 10.0. The number of ether oxygens (including phenoxy) is 2. The van der Waals surface area contributed by atoms with Crippen molar-refractivity contribution < 1.29 is 24.2 Å². The van der Waals surface area contributed by atoms with Gasteiger partial charge >= 0.3 is 5.97 Å². The van der Waals surface area contributed by atoms with Gasteiger partial charge in [0, 0.05) is 0 Å². The molecule has 0 aliphatic rings. The lowest BCUT2D eigenvalue weighted by molar-refractivity contribution is -0.139. The third-order valence-corrected chi connectivity index (χ3v) is 3.10. The summed E-state index contributed by atoms with van der Waals surface area (Å²) in [6.07, 6.45) is 1.97. The molecule has 0 aromatic heterocycles. The van der Waals surface area contributed by atoms with Crippen LogP contribution in [0.1, 0.15) is 36.5 Å². The molecule has 0 spiro atoms. The molecule has 0 radical (unpaired) electrons. The summed E-state index contributed by atoms with van der Waals surface area (Å²) in [6.45, 7) is 1.96. The molecule has 0 fully saturated rings. The number of rotatable bonds is 8. The number of carbonyl (C=O) groups excluding carboxylic acids is 1. The van der Waals surface area contributed by atoms with Crippen LogP contribution >= 0.6 is 0 Å². The zero-order valence-electron chi connectivity index (χ0n) is 12.5. The molecule has 6 heteroatoms. The van der Waals surface area contributed by atoms with E-state index >= 15 is 0 Å². The monoisotopic (exact) mass is 295 g/mol. The highest BCUT2D eigenvalue weighted by molar-refractivity contribution is 6.01. The second kappa shape index (κ2) is 8.14. The van der Waals surface area contributed by atoms with E-state index in [0.717, 1.165) is 12.8 Å². The van der Waals surface area contributed by atoms with E-state index in [-0.39, 0.29) is 5.56 Å². The van der Waals surface area contributed by atoms with Crippen LogP contribution in [0.2, 0.25) is 0 Å². The standard InChI is InChI=1S/C15H21NO5/c1-4-5-7-10(15(18)19)16-14(17)13-11(20-2)8-6-9-12(13)21-3/h6,8-10H,4-5,7H2,1-3H3,(H,16,17)(H,18,19). The normalized spacial score (nSPS) is 11.6. The van der Waals surface area contributed by atoms with E-state index in [1.54, 1.807) is 18.2 Å². The minimum absolute atomic E-state index is 0.199. The Morgan fingerprint density at radius 2 is 1.81 bits per heavy atom. The van der Waals surface area contributed by atoms with Crippen LogP contribution in [0.3, 0.4) is 0 Å². The van der Waals surface area contributed by atoms with Crippen LogP contribution < -0.4 is 14.8 Å². The van der Waals surface area contributed by atoms with E-state index in [1.807, 2.05) is 6.92 Å². The summed E-state index contributed by atoms with van der Waals surface area (Å²) in [4.78, 5) is 23.6. The van der Waals surface area contributed by atoms with E-state index in [1.165, 1.54) is 14.2 Å². The van der Waals surface area contributed by atoms with Gasteiger partial charge in [-0.25, -0.2) is 4.79 Å². The summed E-state index contributed by atoms with van der Waals surface area (Å²) in [5, 5.41) is 11.7. The average Bonchev–Trinajstić information content (AvgIpc) is 2.49. The fraction of sp³-hybridized carbons (Fsp3) is 0.467. The molecule has 116 valence electrons. The molecular formula is C15H21NO5. The highest BCUT2D eigenvalue weighted by atomic mass is 16.5. The van der Waals surface area contributed by atoms with Crippen molar-refractivity contribution in [2.75, 3.05) is 14.2 Å². The van der Waals surface area contributed by atoms with Crippen molar-refractivity contribution in [3.63, 3.8) is 0 Å². The van der Waals surface area contributed by atoms with Crippen molar-refractivity contribution >= 4 is 11.9 Å². The first kappa shape index (κ1) is 16.8. The van der Waals surface area contributed by atoms with Gasteiger partial charge in [0.2, 0.25) is 0 Å². The number of carboxylic acids is 1. The number of unbranched alkanes of at least 4 members (excludes halogenated alkanes) is 1. The van der Waals surface area contributed by atoms with Gasteiger partial charge in [-0.2, -0.15) is 0 Å². The molecule has 1 atom stereocenters. The molecule has 0 heterocycles. The van der Waals surface area contributed by atoms with Crippen LogP contribution in [-0.2, 0) is 4.79 Å². The third kappa shape index (κ3) is 4.37. The van der Waals surface area contributed by atoms with E-state index < -0.39 is 17.9 Å². The van der Waals surface area contributed by atoms with Crippen molar-refractivity contribution in [1.82, 2.24) is 5.32 Å². The quantitative estimate of drug-likeness (QED) is 0.767. The predicted molar refractivity (Wildman–Crippen MR) is 78.0 cm³/mol. The summed E-state index contributed by atoms with van der Waals surface area (Å²) in [7, 11) is 2.88. The molecule has 2 N–H and O–H groups in total. The van der Waals surface area contributed by atoms with Crippen LogP contribution in [0.25, 0.3) is 0 Å². The number of methoxy groups -OCH3 is 2. The average molecular weight is 295 g/mol. The number of amides is 1. The summed E-state index contributed by atoms with van der Waals surface area (Å²) in [5.74, 6) is -0.892. The lowest BCUT2D eigenvalue weighted by atomic mass is 10.1. The van der Waals surface area contributed by atoms with Gasteiger partial charge in [0.05, 0.1) is 14.2 Å². The van der Waals surface area contributed by atoms with Gasteiger partial charge in [0.25, 0.3) is 5.91 Å². The molecule has 1 aromatic carbocycles. The van der Waals surface area contributed by atoms with Crippen LogP contribution in [0.5, 0.6) is 11.5 Å². The van der Waals surface area contributed by atoms with E-state index in [9.17, 15) is 14.7 Å². The molecule has 0 aliphatic carbocycles. The molecule has 1 rings (SSSR count). The molecular weight excluding hydrogens is 274 g/mol. The smallest absolute Gasteiger partial charge is 0.326 e. The summed E-state index contributed by atoms with van der Waals surface area (Å²) in [5.41, 5.74) is 0.199. The highest BCUT2D eigenvalue weighted by Gasteiger charge is 2.24. The van der Waals surface area contributed by atoms with Gasteiger partial charge in [-0.15, -0.1) is 0 Å². The van der Waals surface area contributed by atoms with E-state index in [2.05, 4.69) is 5.32 Å². The van der Waals surface area contributed by atoms with Gasteiger partial charge in [0.15, 0.2) is 0 Å². The number of carboxylic acid groups (broad SMARTS) is 1. The highest BCUT2D eigenvalue weighted by Crippen LogP contribution is 2.28. The van der Waals surface area contributed by atoms with Crippen LogP contribution in [-0.4, -0.2) is 37.2 Å². The number of hydrogen-bond acceptors (Lipinski definition) is 4. The Labute approximate surface area is 124 Å². The van der Waals surface area contributed by atoms with Crippen LogP contribution in [0.4, 0.5) is 0 Å². The first-order valence-electron chi connectivity index (χ1n) is 6.79. The number of hydrogen-bond donors (Lipinski definition) is 2. The number of aliphatic carboxylic acids is 1. The zero-order chi connectivity index (χ0) is 15.8. The SMILES string of the molecule is CCCCC(NC(=O)c1c(OC)cccc1OC)C(=O)O. The second-order valence-electron chi connectivity index (χ2n) is 4.54. The Morgan fingerprint density at radius 1 is 1.24 bits per heavy atom. The van der Waals surface area contributed by atoms with Gasteiger partial charge < -0.3 is 19.9 Å². The van der Waals surface area contributed by atoms with E-state index in [4.69, 9.17) is 9.47 Å². The Kier molecular flexibility index (Phi) is 6.52. The maximum atomic E-state index is 12.3. The fourth-order valence-electron chi connectivity index (χ4n) is 1.97. The minimum Gasteiger partial charge on any atom is -0.496 e. The summed E-state index contributed by atoms with van der Waals surface area (Å²) in [6, 6.07) is 4.02. The van der Waals surface area contributed by atoms with Crippen molar-refractivity contribution in [3.05, 3.63) is 23.8 Å². The van der Waals surface area contributed by atoms with Gasteiger partial charge in [-0.1, -0.05) is 25.8 Å². The molecule has 6 nitrogen and oxygen atoms in total. The molecule has 1 amide bonds. The molecule has 1 aromatic rings.